The van der Waals surface area contributed by atoms with Gasteiger partial charge in [0.1, 0.15) is 5.75 Å². The molecule has 0 fully saturated rings. The highest BCUT2D eigenvalue weighted by atomic mass is 32.2. The molecule has 0 aliphatic rings. The number of nitrogens with two attached hydrogens (primary N) is 1. The number of rotatable bonds is 7. The lowest BCUT2D eigenvalue weighted by molar-refractivity contribution is 0.308. The first-order valence-electron chi connectivity index (χ1n) is 5.01. The van der Waals surface area contributed by atoms with Crippen LogP contribution in [0.25, 0.3) is 0 Å². The van der Waals surface area contributed by atoms with Crippen molar-refractivity contribution >= 4 is 17.0 Å². The van der Waals surface area contributed by atoms with E-state index in [1.165, 1.54) is 0 Å². The van der Waals surface area contributed by atoms with Crippen molar-refractivity contribution in [3.8, 4) is 5.75 Å². The highest BCUT2D eigenvalue weighted by Crippen LogP contribution is 2.16. The molecular formula is C10H15N2O3S-. The number of anilines is 1. The SMILES string of the molecule is NCCCCOc1ccc(NS(=O)[O-])cc1. The lowest BCUT2D eigenvalue weighted by Gasteiger charge is -2.09. The molecule has 16 heavy (non-hydrogen) atoms. The van der Waals surface area contributed by atoms with Crippen molar-refractivity contribution in [1.29, 1.82) is 0 Å². The molecule has 0 bridgehead atoms. The van der Waals surface area contributed by atoms with E-state index in [0.29, 0.717) is 18.8 Å². The second-order valence-corrected chi connectivity index (χ2v) is 3.88. The molecule has 0 saturated heterocycles. The molecule has 90 valence electrons. The molecule has 1 atom stereocenters. The Kier molecular flexibility index (Phi) is 5.84. The Hall–Kier alpha value is -1.11. The minimum atomic E-state index is -2.29. The molecule has 0 aromatic heterocycles. The van der Waals surface area contributed by atoms with Crippen LogP contribution in [0.4, 0.5) is 5.69 Å². The van der Waals surface area contributed by atoms with Gasteiger partial charge in [0.15, 0.2) is 0 Å². The molecule has 1 aromatic rings. The summed E-state index contributed by atoms with van der Waals surface area (Å²) in [7, 11) is 0. The van der Waals surface area contributed by atoms with Gasteiger partial charge in [-0.25, -0.2) is 0 Å². The largest absolute Gasteiger partial charge is 0.755 e. The lowest BCUT2D eigenvalue weighted by Crippen LogP contribution is -2.04. The Morgan fingerprint density at radius 2 is 2.00 bits per heavy atom. The Morgan fingerprint density at radius 1 is 1.31 bits per heavy atom. The number of hydrogen-bond donors (Lipinski definition) is 2. The van der Waals surface area contributed by atoms with Gasteiger partial charge in [-0.15, -0.1) is 0 Å². The average molecular weight is 243 g/mol. The van der Waals surface area contributed by atoms with Gasteiger partial charge >= 0.3 is 0 Å². The first kappa shape index (κ1) is 13.0. The van der Waals surface area contributed by atoms with Crippen molar-refractivity contribution in [3.63, 3.8) is 0 Å². The van der Waals surface area contributed by atoms with Crippen LogP contribution in [0, 0.1) is 0 Å². The van der Waals surface area contributed by atoms with E-state index in [-0.39, 0.29) is 0 Å². The van der Waals surface area contributed by atoms with Crippen molar-refractivity contribution in [1.82, 2.24) is 0 Å². The second kappa shape index (κ2) is 7.21. The maximum atomic E-state index is 10.3. The van der Waals surface area contributed by atoms with E-state index in [0.717, 1.165) is 18.6 Å². The van der Waals surface area contributed by atoms with Crippen LogP contribution in [-0.4, -0.2) is 21.9 Å². The smallest absolute Gasteiger partial charge is 0.119 e. The van der Waals surface area contributed by atoms with Crippen molar-refractivity contribution in [2.45, 2.75) is 12.8 Å². The number of nitrogens with one attached hydrogen (secondary N) is 1. The molecule has 0 amide bonds. The Balaban J connectivity index is 2.36. The van der Waals surface area contributed by atoms with Crippen molar-refractivity contribution in [3.05, 3.63) is 24.3 Å². The predicted octanol–water partition coefficient (Wildman–Crippen LogP) is 1.01. The van der Waals surface area contributed by atoms with E-state index in [9.17, 15) is 8.76 Å². The van der Waals surface area contributed by atoms with Crippen LogP contribution in [0.3, 0.4) is 0 Å². The van der Waals surface area contributed by atoms with Gasteiger partial charge in [-0.1, -0.05) is 0 Å². The van der Waals surface area contributed by atoms with E-state index in [4.69, 9.17) is 10.5 Å². The molecule has 0 aliphatic heterocycles. The summed E-state index contributed by atoms with van der Waals surface area (Å²) in [6, 6.07) is 6.73. The zero-order valence-electron chi connectivity index (χ0n) is 8.85. The number of benzene rings is 1. The summed E-state index contributed by atoms with van der Waals surface area (Å²) in [6.45, 7) is 1.29. The van der Waals surface area contributed by atoms with Crippen LogP contribution in [0.15, 0.2) is 24.3 Å². The average Bonchev–Trinajstić information content (AvgIpc) is 2.26. The van der Waals surface area contributed by atoms with Gasteiger partial charge in [0.25, 0.3) is 0 Å². The Bertz CT molecular complexity index is 329. The van der Waals surface area contributed by atoms with Crippen LogP contribution < -0.4 is 15.2 Å². The first-order valence-corrected chi connectivity index (χ1v) is 6.08. The van der Waals surface area contributed by atoms with Crippen LogP contribution in [0.5, 0.6) is 5.75 Å². The quantitative estimate of drug-likeness (QED) is 0.552. The topological polar surface area (TPSA) is 87.4 Å². The van der Waals surface area contributed by atoms with E-state index in [1.54, 1.807) is 24.3 Å². The number of hydrogen-bond acceptors (Lipinski definition) is 4. The molecular weight excluding hydrogens is 228 g/mol. The minimum Gasteiger partial charge on any atom is -0.755 e. The maximum Gasteiger partial charge on any atom is 0.119 e. The second-order valence-electron chi connectivity index (χ2n) is 3.21. The number of ether oxygens (including phenoxy) is 1. The first-order chi connectivity index (χ1) is 7.72. The molecule has 1 aromatic carbocycles. The van der Waals surface area contributed by atoms with Crippen LogP contribution in [-0.2, 0) is 11.3 Å². The Labute approximate surface area is 97.4 Å². The van der Waals surface area contributed by atoms with E-state index in [1.807, 2.05) is 0 Å². The van der Waals surface area contributed by atoms with Gasteiger partial charge in [0.05, 0.1) is 6.61 Å². The van der Waals surface area contributed by atoms with Crippen LogP contribution in [0.2, 0.25) is 0 Å². The molecule has 5 nitrogen and oxygen atoms in total. The molecule has 1 rings (SSSR count). The molecule has 0 radical (unpaired) electrons. The van der Waals surface area contributed by atoms with Gasteiger partial charge in [-0.2, -0.15) is 0 Å². The third-order valence-electron chi connectivity index (χ3n) is 1.92. The number of unbranched alkanes of at least 4 members (excludes halogenated alkanes) is 1. The molecule has 0 spiro atoms. The fraction of sp³-hybridized carbons (Fsp3) is 0.400. The van der Waals surface area contributed by atoms with Crippen molar-refractivity contribution in [2.75, 3.05) is 17.9 Å². The van der Waals surface area contributed by atoms with E-state index < -0.39 is 11.3 Å². The fourth-order valence-electron chi connectivity index (χ4n) is 1.15. The molecule has 1 unspecified atom stereocenters. The van der Waals surface area contributed by atoms with E-state index >= 15 is 0 Å². The van der Waals surface area contributed by atoms with Gasteiger partial charge < -0.3 is 19.7 Å². The van der Waals surface area contributed by atoms with Gasteiger partial charge in [0, 0.05) is 17.0 Å². The standard InChI is InChI=1S/C10H16N2O3S/c11-7-1-2-8-15-10-5-3-9(4-6-10)12-16(13)14/h3-6,12H,1-2,7-8,11H2,(H,13,14)/p-1. The summed E-state index contributed by atoms with van der Waals surface area (Å²) in [5.41, 5.74) is 5.87. The lowest BCUT2D eigenvalue weighted by atomic mass is 10.3. The van der Waals surface area contributed by atoms with Crippen LogP contribution in [0.1, 0.15) is 12.8 Å². The van der Waals surface area contributed by atoms with Crippen molar-refractivity contribution < 1.29 is 13.5 Å². The highest BCUT2D eigenvalue weighted by molar-refractivity contribution is 7.80. The third kappa shape index (κ3) is 5.11. The Morgan fingerprint density at radius 3 is 2.56 bits per heavy atom. The van der Waals surface area contributed by atoms with Crippen molar-refractivity contribution in [2.24, 2.45) is 5.73 Å². The highest BCUT2D eigenvalue weighted by Gasteiger charge is 1.95. The van der Waals surface area contributed by atoms with Gasteiger partial charge in [-0.05, 0) is 43.7 Å². The molecule has 6 heteroatoms. The normalized spacial score (nSPS) is 12.1. The summed E-state index contributed by atoms with van der Waals surface area (Å²) >= 11 is -2.29. The summed E-state index contributed by atoms with van der Waals surface area (Å²) in [5, 5.41) is 0. The molecule has 0 saturated carbocycles. The fourth-order valence-corrected chi connectivity index (χ4v) is 1.48. The third-order valence-corrected chi connectivity index (χ3v) is 2.33. The predicted molar refractivity (Wildman–Crippen MR) is 62.8 cm³/mol. The minimum absolute atomic E-state index is 0.516. The molecule has 3 N–H and O–H groups in total. The molecule has 0 heterocycles. The van der Waals surface area contributed by atoms with Gasteiger partial charge in [-0.3, -0.25) is 4.21 Å². The molecule has 0 aliphatic carbocycles. The van der Waals surface area contributed by atoms with Gasteiger partial charge in [0.2, 0.25) is 0 Å². The summed E-state index contributed by atoms with van der Waals surface area (Å²) in [6.07, 6.45) is 1.86. The van der Waals surface area contributed by atoms with Crippen LogP contribution >= 0.6 is 0 Å². The summed E-state index contributed by atoms with van der Waals surface area (Å²) < 4.78 is 28.4. The summed E-state index contributed by atoms with van der Waals surface area (Å²) in [5.74, 6) is 0.722. The zero-order chi connectivity index (χ0) is 11.8. The monoisotopic (exact) mass is 243 g/mol. The summed E-state index contributed by atoms with van der Waals surface area (Å²) in [4.78, 5) is 0. The zero-order valence-corrected chi connectivity index (χ0v) is 9.66. The maximum absolute atomic E-state index is 10.3. The van der Waals surface area contributed by atoms with E-state index in [2.05, 4.69) is 4.72 Å².